The Balaban J connectivity index is 2.00. The zero-order valence-electron chi connectivity index (χ0n) is 11.3. The number of hydrogen-bond donors (Lipinski definition) is 1. The van der Waals surface area contributed by atoms with E-state index in [4.69, 9.17) is 11.6 Å². The van der Waals surface area contributed by atoms with E-state index in [0.717, 1.165) is 30.4 Å². The minimum Gasteiger partial charge on any atom is -0.306 e. The normalized spacial score (nSPS) is 18.4. The van der Waals surface area contributed by atoms with E-state index in [1.54, 1.807) is 12.1 Å². The molecule has 1 heterocycles. The quantitative estimate of drug-likeness (QED) is 0.872. The van der Waals surface area contributed by atoms with Gasteiger partial charge in [-0.3, -0.25) is 0 Å². The summed E-state index contributed by atoms with van der Waals surface area (Å²) in [5, 5.41) is 0.232. The van der Waals surface area contributed by atoms with E-state index >= 15 is 0 Å². The maximum absolute atomic E-state index is 12.3. The first-order valence-electron chi connectivity index (χ1n) is 6.52. The molecule has 112 valence electrons. The number of nitrogens with one attached hydrogen (secondary N) is 1. The van der Waals surface area contributed by atoms with Crippen molar-refractivity contribution >= 4 is 37.6 Å². The predicted molar refractivity (Wildman–Crippen MR) is 84.6 cm³/mol. The Morgan fingerprint density at radius 1 is 1.40 bits per heavy atom. The number of halogens is 2. The predicted octanol–water partition coefficient (Wildman–Crippen LogP) is 2.72. The molecule has 0 spiro atoms. The molecular weight excluding hydrogens is 364 g/mol. The molecule has 1 aliphatic rings. The van der Waals surface area contributed by atoms with Crippen molar-refractivity contribution in [3.8, 4) is 0 Å². The molecule has 0 unspecified atom stereocenters. The Hall–Kier alpha value is -0.140. The van der Waals surface area contributed by atoms with Gasteiger partial charge in [-0.25, -0.2) is 13.1 Å². The fraction of sp³-hybridized carbons (Fsp3) is 0.538. The van der Waals surface area contributed by atoms with Gasteiger partial charge in [0.2, 0.25) is 10.0 Å². The third-order valence-corrected chi connectivity index (χ3v) is 5.98. The van der Waals surface area contributed by atoms with Gasteiger partial charge in [-0.1, -0.05) is 27.5 Å². The van der Waals surface area contributed by atoms with Crippen molar-refractivity contribution in [1.29, 1.82) is 0 Å². The standard InChI is InChI=1S/C13H18BrClN2O2S/c1-17-6-4-10(5-7-17)9-16-20(18,19)13-3-2-11(14)8-12(13)15/h2-3,8,10,16H,4-7,9H2,1H3. The first-order chi connectivity index (χ1) is 9.38. The molecule has 0 aliphatic carbocycles. The first kappa shape index (κ1) is 16.2. The summed E-state index contributed by atoms with van der Waals surface area (Å²) >= 11 is 9.26. The lowest BCUT2D eigenvalue weighted by Crippen LogP contribution is -2.36. The number of rotatable bonds is 4. The van der Waals surface area contributed by atoms with E-state index < -0.39 is 10.0 Å². The number of sulfonamides is 1. The van der Waals surface area contributed by atoms with Crippen molar-refractivity contribution in [2.24, 2.45) is 5.92 Å². The van der Waals surface area contributed by atoms with Crippen molar-refractivity contribution < 1.29 is 8.42 Å². The molecule has 20 heavy (non-hydrogen) atoms. The third kappa shape index (κ3) is 4.18. The van der Waals surface area contributed by atoms with Gasteiger partial charge in [-0.05, 0) is 57.1 Å². The monoisotopic (exact) mass is 380 g/mol. The van der Waals surface area contributed by atoms with Gasteiger partial charge in [0.15, 0.2) is 0 Å². The SMILES string of the molecule is CN1CCC(CNS(=O)(=O)c2ccc(Br)cc2Cl)CC1. The second kappa shape index (κ2) is 6.75. The topological polar surface area (TPSA) is 49.4 Å². The van der Waals surface area contributed by atoms with Crippen LogP contribution in [0.3, 0.4) is 0 Å². The summed E-state index contributed by atoms with van der Waals surface area (Å²) in [6, 6.07) is 4.78. The Morgan fingerprint density at radius 2 is 2.05 bits per heavy atom. The van der Waals surface area contributed by atoms with E-state index in [2.05, 4.69) is 32.6 Å². The average molecular weight is 382 g/mol. The van der Waals surface area contributed by atoms with Crippen molar-refractivity contribution in [2.45, 2.75) is 17.7 Å². The van der Waals surface area contributed by atoms with Gasteiger partial charge in [0.05, 0.1) is 5.02 Å². The number of benzene rings is 1. The lowest BCUT2D eigenvalue weighted by atomic mass is 9.98. The molecule has 1 fully saturated rings. The van der Waals surface area contributed by atoms with Crippen LogP contribution in [0, 0.1) is 5.92 Å². The second-order valence-corrected chi connectivity index (χ2v) is 8.23. The van der Waals surface area contributed by atoms with Crippen LogP contribution in [0.25, 0.3) is 0 Å². The minimum atomic E-state index is -3.54. The highest BCUT2D eigenvalue weighted by Crippen LogP contribution is 2.25. The van der Waals surface area contributed by atoms with E-state index in [0.29, 0.717) is 12.5 Å². The highest BCUT2D eigenvalue weighted by atomic mass is 79.9. The maximum atomic E-state index is 12.3. The zero-order valence-corrected chi connectivity index (χ0v) is 14.4. The molecule has 4 nitrogen and oxygen atoms in total. The number of hydrogen-bond acceptors (Lipinski definition) is 3. The molecule has 0 amide bonds. The number of piperidine rings is 1. The summed E-state index contributed by atoms with van der Waals surface area (Å²) in [5.74, 6) is 0.398. The molecule has 2 rings (SSSR count). The molecule has 1 aromatic rings. The third-order valence-electron chi connectivity index (χ3n) is 3.58. The molecule has 1 saturated heterocycles. The summed E-state index contributed by atoms with van der Waals surface area (Å²) in [6.45, 7) is 2.51. The molecule has 0 bridgehead atoms. The van der Waals surface area contributed by atoms with Crippen molar-refractivity contribution in [1.82, 2.24) is 9.62 Å². The van der Waals surface area contributed by atoms with Gasteiger partial charge < -0.3 is 4.90 Å². The van der Waals surface area contributed by atoms with Crippen LogP contribution in [0.1, 0.15) is 12.8 Å². The number of nitrogens with zero attached hydrogens (tertiary/aromatic N) is 1. The zero-order chi connectivity index (χ0) is 14.8. The van der Waals surface area contributed by atoms with Crippen LogP contribution >= 0.6 is 27.5 Å². The second-order valence-electron chi connectivity index (χ2n) is 5.17. The molecule has 1 aromatic carbocycles. The van der Waals surface area contributed by atoms with Crippen LogP contribution < -0.4 is 4.72 Å². The molecule has 1 N–H and O–H groups in total. The van der Waals surface area contributed by atoms with Crippen LogP contribution in [0.2, 0.25) is 5.02 Å². The lowest BCUT2D eigenvalue weighted by Gasteiger charge is -2.28. The van der Waals surface area contributed by atoms with Crippen LogP contribution in [-0.4, -0.2) is 40.0 Å². The van der Waals surface area contributed by atoms with E-state index in [-0.39, 0.29) is 9.92 Å². The fourth-order valence-electron chi connectivity index (χ4n) is 2.26. The van der Waals surface area contributed by atoms with Gasteiger partial charge in [0.25, 0.3) is 0 Å². The molecule has 0 saturated carbocycles. The van der Waals surface area contributed by atoms with Crippen LogP contribution in [0.5, 0.6) is 0 Å². The van der Waals surface area contributed by atoms with Crippen molar-refractivity contribution in [3.05, 3.63) is 27.7 Å². The van der Waals surface area contributed by atoms with Crippen molar-refractivity contribution in [3.63, 3.8) is 0 Å². The van der Waals surface area contributed by atoms with Crippen LogP contribution in [0.15, 0.2) is 27.6 Å². The van der Waals surface area contributed by atoms with Gasteiger partial charge in [0, 0.05) is 11.0 Å². The highest BCUT2D eigenvalue weighted by molar-refractivity contribution is 9.10. The Bertz CT molecular complexity index is 572. The number of likely N-dealkylation sites (tertiary alicyclic amines) is 1. The molecule has 0 aromatic heterocycles. The summed E-state index contributed by atoms with van der Waals surface area (Å²) < 4.78 is 27.9. The van der Waals surface area contributed by atoms with Gasteiger partial charge in [-0.15, -0.1) is 0 Å². The van der Waals surface area contributed by atoms with Crippen LogP contribution in [-0.2, 0) is 10.0 Å². The maximum Gasteiger partial charge on any atom is 0.242 e. The first-order valence-corrected chi connectivity index (χ1v) is 9.17. The molecule has 0 atom stereocenters. The minimum absolute atomic E-state index is 0.135. The lowest BCUT2D eigenvalue weighted by molar-refractivity contribution is 0.220. The highest BCUT2D eigenvalue weighted by Gasteiger charge is 2.22. The smallest absolute Gasteiger partial charge is 0.242 e. The van der Waals surface area contributed by atoms with Crippen molar-refractivity contribution in [2.75, 3.05) is 26.7 Å². The molecule has 7 heteroatoms. The Kier molecular flexibility index (Phi) is 5.48. The van der Waals surface area contributed by atoms with E-state index in [1.807, 2.05) is 0 Å². The van der Waals surface area contributed by atoms with Gasteiger partial charge >= 0.3 is 0 Å². The summed E-state index contributed by atoms with van der Waals surface area (Å²) in [4.78, 5) is 2.40. The Labute approximate surface area is 133 Å². The largest absolute Gasteiger partial charge is 0.306 e. The summed E-state index contributed by atoms with van der Waals surface area (Å²) in [6.07, 6.45) is 2.04. The average Bonchev–Trinajstić information content (AvgIpc) is 2.37. The fourth-order valence-corrected chi connectivity index (χ4v) is 4.42. The van der Waals surface area contributed by atoms with Gasteiger partial charge in [0.1, 0.15) is 4.90 Å². The Morgan fingerprint density at radius 3 is 2.65 bits per heavy atom. The molecule has 1 aliphatic heterocycles. The van der Waals surface area contributed by atoms with E-state index in [9.17, 15) is 8.42 Å². The van der Waals surface area contributed by atoms with E-state index in [1.165, 1.54) is 6.07 Å². The molecular formula is C13H18BrClN2O2S. The summed E-state index contributed by atoms with van der Waals surface area (Å²) in [5.41, 5.74) is 0. The summed E-state index contributed by atoms with van der Waals surface area (Å²) in [7, 11) is -1.45. The molecule has 0 radical (unpaired) electrons. The van der Waals surface area contributed by atoms with Crippen LogP contribution in [0.4, 0.5) is 0 Å². The van der Waals surface area contributed by atoms with Gasteiger partial charge in [-0.2, -0.15) is 0 Å².